The predicted molar refractivity (Wildman–Crippen MR) is 81.8 cm³/mol. The molecule has 0 unspecified atom stereocenters. The summed E-state index contributed by atoms with van der Waals surface area (Å²) in [5.74, 6) is -1.11. The normalized spacial score (nSPS) is 11.0. The molecule has 2 N–H and O–H groups in total. The zero-order valence-electron chi connectivity index (χ0n) is 11.6. The molecule has 2 aromatic rings. The van der Waals surface area contributed by atoms with Crippen molar-refractivity contribution in [2.75, 3.05) is 6.61 Å². The van der Waals surface area contributed by atoms with Crippen molar-refractivity contribution in [1.82, 2.24) is 10.3 Å². The first-order valence-corrected chi connectivity index (χ1v) is 8.17. The molecule has 0 aromatic heterocycles. The first-order valence-electron chi connectivity index (χ1n) is 6.31. The van der Waals surface area contributed by atoms with Crippen LogP contribution in [0.4, 0.5) is 4.39 Å². The van der Waals surface area contributed by atoms with Gasteiger partial charge in [-0.05, 0) is 30.3 Å². The van der Waals surface area contributed by atoms with E-state index in [-0.39, 0.29) is 15.7 Å². The Labute approximate surface area is 137 Å². The Balaban J connectivity index is 1.88. The molecule has 0 saturated carbocycles. The Morgan fingerprint density at radius 2 is 1.91 bits per heavy atom. The van der Waals surface area contributed by atoms with Crippen molar-refractivity contribution in [3.8, 4) is 5.75 Å². The van der Waals surface area contributed by atoms with E-state index in [0.717, 1.165) is 6.07 Å². The second-order valence-electron chi connectivity index (χ2n) is 4.36. The third-order valence-corrected chi connectivity index (χ3v) is 4.08. The highest BCUT2D eigenvalue weighted by molar-refractivity contribution is 7.89. The molecule has 122 valence electrons. The van der Waals surface area contributed by atoms with Crippen molar-refractivity contribution in [2.24, 2.45) is 0 Å². The van der Waals surface area contributed by atoms with Gasteiger partial charge in [-0.2, -0.15) is 0 Å². The summed E-state index contributed by atoms with van der Waals surface area (Å²) in [5.41, 5.74) is 1.99. The van der Waals surface area contributed by atoms with E-state index in [2.05, 4.69) is 0 Å². The van der Waals surface area contributed by atoms with E-state index in [1.54, 1.807) is 0 Å². The van der Waals surface area contributed by atoms with Gasteiger partial charge in [0, 0.05) is 11.1 Å². The first-order chi connectivity index (χ1) is 10.9. The third-order valence-electron chi connectivity index (χ3n) is 2.60. The number of benzene rings is 2. The van der Waals surface area contributed by atoms with Gasteiger partial charge in [0.05, 0.1) is 4.90 Å². The topological polar surface area (TPSA) is 84.5 Å². The summed E-state index contributed by atoms with van der Waals surface area (Å²) in [4.78, 5) is 13.4. The minimum Gasteiger partial charge on any atom is -0.484 e. The number of carbonyl (C=O) groups is 1. The lowest BCUT2D eigenvalue weighted by Gasteiger charge is -2.09. The largest absolute Gasteiger partial charge is 0.484 e. The van der Waals surface area contributed by atoms with E-state index in [1.807, 2.05) is 10.3 Å². The van der Waals surface area contributed by atoms with Gasteiger partial charge in [0.25, 0.3) is 15.9 Å². The van der Waals surface area contributed by atoms with Gasteiger partial charge in [-0.3, -0.25) is 10.2 Å². The summed E-state index contributed by atoms with van der Waals surface area (Å²) in [6, 6.07) is 10.8. The summed E-state index contributed by atoms with van der Waals surface area (Å²) in [6.45, 7) is -0.485. The predicted octanol–water partition coefficient (Wildman–Crippen LogP) is 1.87. The van der Waals surface area contributed by atoms with Crippen LogP contribution in [-0.4, -0.2) is 20.9 Å². The van der Waals surface area contributed by atoms with Crippen LogP contribution in [0, 0.1) is 5.82 Å². The van der Waals surface area contributed by atoms with Gasteiger partial charge in [0.1, 0.15) is 11.6 Å². The average molecular weight is 359 g/mol. The van der Waals surface area contributed by atoms with Gasteiger partial charge in [-0.25, -0.2) is 12.8 Å². The summed E-state index contributed by atoms with van der Waals surface area (Å²) in [5, 5.41) is 0.244. The summed E-state index contributed by atoms with van der Waals surface area (Å²) in [6.07, 6.45) is 0. The second-order valence-corrected chi connectivity index (χ2v) is 6.48. The standard InChI is InChI=1S/C14H12ClFN2O4S/c15-10-3-1-6-13(7-10)23(20,21)18-17-14(19)9-22-12-5-2-4-11(16)8-12/h1-8,18H,9H2,(H,17,19). The molecule has 1 amide bonds. The maximum absolute atomic E-state index is 12.9. The highest BCUT2D eigenvalue weighted by atomic mass is 35.5. The van der Waals surface area contributed by atoms with E-state index >= 15 is 0 Å². The number of hydrazine groups is 1. The molecule has 0 heterocycles. The summed E-state index contributed by atoms with van der Waals surface area (Å²) in [7, 11) is -3.95. The number of amides is 1. The number of carbonyl (C=O) groups excluding carboxylic acids is 1. The highest BCUT2D eigenvalue weighted by Crippen LogP contribution is 2.14. The van der Waals surface area contributed by atoms with Gasteiger partial charge in [-0.15, -0.1) is 4.83 Å². The first kappa shape index (κ1) is 17.2. The van der Waals surface area contributed by atoms with Crippen LogP contribution in [0.3, 0.4) is 0 Å². The Morgan fingerprint density at radius 1 is 1.17 bits per heavy atom. The molecule has 0 bridgehead atoms. The molecule has 0 aliphatic carbocycles. The van der Waals surface area contributed by atoms with Gasteiger partial charge in [-0.1, -0.05) is 23.7 Å². The molecule has 2 aromatic carbocycles. The highest BCUT2D eigenvalue weighted by Gasteiger charge is 2.15. The fourth-order valence-corrected chi connectivity index (χ4v) is 2.72. The Kier molecular flexibility index (Phi) is 5.54. The van der Waals surface area contributed by atoms with Crippen molar-refractivity contribution in [3.05, 3.63) is 59.4 Å². The smallest absolute Gasteiger partial charge is 0.272 e. The number of rotatable bonds is 6. The molecule has 0 saturated heterocycles. The van der Waals surface area contributed by atoms with Gasteiger partial charge < -0.3 is 4.74 Å². The molecule has 2 rings (SSSR count). The SMILES string of the molecule is O=C(COc1cccc(F)c1)NNS(=O)(=O)c1cccc(Cl)c1. The van der Waals surface area contributed by atoms with Crippen LogP contribution in [0.5, 0.6) is 5.75 Å². The van der Waals surface area contributed by atoms with Crippen LogP contribution in [0.15, 0.2) is 53.4 Å². The maximum Gasteiger partial charge on any atom is 0.272 e. The fourth-order valence-electron chi connectivity index (χ4n) is 1.56. The molecule has 0 radical (unpaired) electrons. The zero-order chi connectivity index (χ0) is 16.9. The molecule has 6 nitrogen and oxygen atoms in total. The quantitative estimate of drug-likeness (QED) is 0.772. The monoisotopic (exact) mass is 358 g/mol. The van der Waals surface area contributed by atoms with Gasteiger partial charge in [0.15, 0.2) is 6.61 Å². The number of hydrogen-bond acceptors (Lipinski definition) is 4. The second kappa shape index (κ2) is 7.40. The third kappa shape index (κ3) is 5.20. The Bertz CT molecular complexity index is 814. The Morgan fingerprint density at radius 3 is 2.61 bits per heavy atom. The van der Waals surface area contributed by atoms with Gasteiger partial charge >= 0.3 is 0 Å². The lowest BCUT2D eigenvalue weighted by molar-refractivity contribution is -0.123. The fraction of sp³-hybridized carbons (Fsp3) is 0.0714. The van der Waals surface area contributed by atoms with E-state index in [1.165, 1.54) is 42.5 Å². The number of hydrogen-bond donors (Lipinski definition) is 2. The zero-order valence-corrected chi connectivity index (χ0v) is 13.2. The molecule has 0 fully saturated rings. The van der Waals surface area contributed by atoms with Crippen LogP contribution in [-0.2, 0) is 14.8 Å². The number of halogens is 2. The Hall–Kier alpha value is -2.16. The minimum atomic E-state index is -3.95. The van der Waals surface area contributed by atoms with E-state index in [0.29, 0.717) is 0 Å². The van der Waals surface area contributed by atoms with Gasteiger partial charge in [0.2, 0.25) is 0 Å². The van der Waals surface area contributed by atoms with Crippen molar-refractivity contribution in [2.45, 2.75) is 4.90 Å². The molecule has 9 heteroatoms. The molecule has 0 aliphatic heterocycles. The molecule has 23 heavy (non-hydrogen) atoms. The molecular weight excluding hydrogens is 347 g/mol. The average Bonchev–Trinajstić information content (AvgIpc) is 2.51. The van der Waals surface area contributed by atoms with Crippen molar-refractivity contribution in [3.63, 3.8) is 0 Å². The van der Waals surface area contributed by atoms with Crippen LogP contribution in [0.25, 0.3) is 0 Å². The van der Waals surface area contributed by atoms with Crippen LogP contribution in [0.1, 0.15) is 0 Å². The summed E-state index contributed by atoms with van der Waals surface area (Å²) < 4.78 is 41.8. The van der Waals surface area contributed by atoms with Crippen LogP contribution < -0.4 is 15.0 Å². The van der Waals surface area contributed by atoms with Crippen LogP contribution >= 0.6 is 11.6 Å². The minimum absolute atomic E-state index is 0.101. The van der Waals surface area contributed by atoms with E-state index < -0.39 is 28.4 Å². The molecule has 0 atom stereocenters. The van der Waals surface area contributed by atoms with E-state index in [4.69, 9.17) is 16.3 Å². The lowest BCUT2D eigenvalue weighted by atomic mass is 10.3. The number of sulfonamides is 1. The maximum atomic E-state index is 12.9. The molecule has 0 spiro atoms. The molecule has 0 aliphatic rings. The van der Waals surface area contributed by atoms with Crippen molar-refractivity contribution >= 4 is 27.5 Å². The summed E-state index contributed by atoms with van der Waals surface area (Å²) >= 11 is 5.71. The molecular formula is C14H12ClFN2O4S. The van der Waals surface area contributed by atoms with Crippen molar-refractivity contribution < 1.29 is 22.3 Å². The number of nitrogens with one attached hydrogen (secondary N) is 2. The van der Waals surface area contributed by atoms with E-state index in [9.17, 15) is 17.6 Å². The lowest BCUT2D eigenvalue weighted by Crippen LogP contribution is -2.43. The van der Waals surface area contributed by atoms with Crippen LogP contribution in [0.2, 0.25) is 5.02 Å². The number of ether oxygens (including phenoxy) is 1. The van der Waals surface area contributed by atoms with Crippen molar-refractivity contribution in [1.29, 1.82) is 0 Å².